The van der Waals surface area contributed by atoms with Crippen molar-refractivity contribution in [3.63, 3.8) is 0 Å². The molecule has 10 heteroatoms. The van der Waals surface area contributed by atoms with Gasteiger partial charge < -0.3 is 10.1 Å². The highest BCUT2D eigenvalue weighted by Crippen LogP contribution is 2.48. The molecule has 22 heavy (non-hydrogen) atoms. The van der Waals surface area contributed by atoms with E-state index >= 15 is 0 Å². The van der Waals surface area contributed by atoms with Gasteiger partial charge in [-0.2, -0.15) is 26.3 Å². The van der Waals surface area contributed by atoms with Crippen LogP contribution < -0.4 is 0 Å². The minimum Gasteiger partial charge on any atom is -0.367 e. The largest absolute Gasteiger partial charge is 0.433 e. The molecule has 0 aromatic carbocycles. The Morgan fingerprint density at radius 1 is 1.00 bits per heavy atom. The van der Waals surface area contributed by atoms with Crippen LogP contribution in [0.1, 0.15) is 17.1 Å². The van der Waals surface area contributed by atoms with Gasteiger partial charge in [-0.25, -0.2) is 4.98 Å². The number of aromatic amines is 1. The van der Waals surface area contributed by atoms with Crippen LogP contribution in [0, 0.1) is 0 Å². The third kappa shape index (κ3) is 2.78. The SMILES string of the molecule is OC(c1ncc(Cc2ccncc2)[nH]1)(C(F)(F)F)C(F)(F)F. The van der Waals surface area contributed by atoms with Gasteiger partial charge in [0.15, 0.2) is 5.82 Å². The lowest BCUT2D eigenvalue weighted by atomic mass is 10.0. The first kappa shape index (κ1) is 16.3. The summed E-state index contributed by atoms with van der Waals surface area (Å²) in [6.07, 6.45) is -8.24. The maximum absolute atomic E-state index is 12.7. The number of hydrogen-bond donors (Lipinski definition) is 2. The van der Waals surface area contributed by atoms with Crippen LogP contribution in [0.2, 0.25) is 0 Å². The zero-order chi connectivity index (χ0) is 16.6. The maximum atomic E-state index is 12.7. The molecule has 2 N–H and O–H groups in total. The van der Waals surface area contributed by atoms with Gasteiger partial charge >= 0.3 is 18.0 Å². The molecule has 0 saturated carbocycles. The van der Waals surface area contributed by atoms with Crippen molar-refractivity contribution in [2.24, 2.45) is 0 Å². The number of aliphatic hydroxyl groups is 1. The van der Waals surface area contributed by atoms with Gasteiger partial charge in [-0.05, 0) is 17.7 Å². The standard InChI is InChI=1S/C12H9F6N3O/c13-11(14,15)10(22,12(16,17)18)9-20-6-8(21-9)5-7-1-3-19-4-2-7/h1-4,6,22H,5H2,(H,20,21). The number of H-pyrrole nitrogens is 1. The summed E-state index contributed by atoms with van der Waals surface area (Å²) in [6.45, 7) is 0. The van der Waals surface area contributed by atoms with Gasteiger partial charge in [0.05, 0.1) is 0 Å². The second kappa shape index (κ2) is 5.27. The second-order valence-electron chi connectivity index (χ2n) is 4.50. The Morgan fingerprint density at radius 2 is 1.55 bits per heavy atom. The van der Waals surface area contributed by atoms with Gasteiger partial charge in [0.1, 0.15) is 0 Å². The summed E-state index contributed by atoms with van der Waals surface area (Å²) in [6, 6.07) is 3.08. The van der Waals surface area contributed by atoms with E-state index in [9.17, 15) is 31.4 Å². The summed E-state index contributed by atoms with van der Waals surface area (Å²) in [5.41, 5.74) is -4.45. The number of halogens is 6. The van der Waals surface area contributed by atoms with Crippen LogP contribution in [0.5, 0.6) is 0 Å². The summed E-state index contributed by atoms with van der Waals surface area (Å²) in [5.74, 6) is -1.61. The molecular formula is C12H9F6N3O. The molecule has 0 radical (unpaired) electrons. The number of imidazole rings is 1. The van der Waals surface area contributed by atoms with Crippen LogP contribution in [0.15, 0.2) is 30.7 Å². The van der Waals surface area contributed by atoms with Crippen molar-refractivity contribution < 1.29 is 31.4 Å². The molecule has 0 saturated heterocycles. The fourth-order valence-electron chi connectivity index (χ4n) is 1.78. The molecule has 0 unspecified atom stereocenters. The molecule has 2 aromatic heterocycles. The molecule has 0 aliphatic heterocycles. The van der Waals surface area contributed by atoms with E-state index in [0.29, 0.717) is 5.56 Å². The number of alkyl halides is 6. The van der Waals surface area contributed by atoms with Crippen molar-refractivity contribution in [3.05, 3.63) is 47.8 Å². The second-order valence-corrected chi connectivity index (χ2v) is 4.50. The van der Waals surface area contributed by atoms with Crippen molar-refractivity contribution in [1.29, 1.82) is 0 Å². The first-order valence-electron chi connectivity index (χ1n) is 5.85. The Bertz CT molecular complexity index is 620. The average Bonchev–Trinajstić information content (AvgIpc) is 2.85. The molecule has 2 aromatic rings. The molecule has 2 heterocycles. The Labute approximate surface area is 119 Å². The monoisotopic (exact) mass is 325 g/mol. The highest BCUT2D eigenvalue weighted by atomic mass is 19.4. The van der Waals surface area contributed by atoms with E-state index < -0.39 is 23.8 Å². The van der Waals surface area contributed by atoms with Crippen LogP contribution >= 0.6 is 0 Å². The minimum absolute atomic E-state index is 0.00637. The molecule has 4 nitrogen and oxygen atoms in total. The first-order valence-corrected chi connectivity index (χ1v) is 5.85. The van der Waals surface area contributed by atoms with Crippen LogP contribution in [-0.4, -0.2) is 32.4 Å². The van der Waals surface area contributed by atoms with Gasteiger partial charge in [0, 0.05) is 30.7 Å². The lowest BCUT2D eigenvalue weighted by Gasteiger charge is -2.30. The fourth-order valence-corrected chi connectivity index (χ4v) is 1.78. The molecule has 0 aliphatic rings. The summed E-state index contributed by atoms with van der Waals surface area (Å²) in [5, 5.41) is 9.18. The molecule has 0 bridgehead atoms. The molecule has 2 rings (SSSR count). The lowest BCUT2D eigenvalue weighted by molar-refractivity contribution is -0.378. The van der Waals surface area contributed by atoms with E-state index in [0.717, 1.165) is 6.20 Å². The highest BCUT2D eigenvalue weighted by molar-refractivity contribution is 5.21. The number of aromatic nitrogens is 3. The molecule has 120 valence electrons. The van der Waals surface area contributed by atoms with E-state index in [1.165, 1.54) is 12.4 Å². The van der Waals surface area contributed by atoms with E-state index in [2.05, 4.69) is 9.97 Å². The van der Waals surface area contributed by atoms with Crippen LogP contribution in [0.25, 0.3) is 0 Å². The summed E-state index contributed by atoms with van der Waals surface area (Å²) < 4.78 is 76.1. The molecule has 0 spiro atoms. The van der Waals surface area contributed by atoms with Crippen LogP contribution in [-0.2, 0) is 12.0 Å². The number of pyridine rings is 1. The third-order valence-corrected chi connectivity index (χ3v) is 2.94. The van der Waals surface area contributed by atoms with Gasteiger partial charge in [-0.1, -0.05) is 0 Å². The predicted octanol–water partition coefficient (Wildman–Crippen LogP) is 2.71. The number of nitrogens with one attached hydrogen (secondary N) is 1. The average molecular weight is 325 g/mol. The molecular weight excluding hydrogens is 316 g/mol. The topological polar surface area (TPSA) is 61.8 Å². The van der Waals surface area contributed by atoms with Crippen molar-refractivity contribution in [1.82, 2.24) is 15.0 Å². The van der Waals surface area contributed by atoms with Gasteiger partial charge in [-0.3, -0.25) is 4.98 Å². The van der Waals surface area contributed by atoms with E-state index in [1.54, 1.807) is 12.1 Å². The Morgan fingerprint density at radius 3 is 2.05 bits per heavy atom. The third-order valence-electron chi connectivity index (χ3n) is 2.94. The van der Waals surface area contributed by atoms with Crippen molar-refractivity contribution in [2.75, 3.05) is 0 Å². The summed E-state index contributed by atoms with van der Waals surface area (Å²) >= 11 is 0. The van der Waals surface area contributed by atoms with E-state index in [4.69, 9.17) is 0 Å². The fraction of sp³-hybridized carbons (Fsp3) is 0.333. The van der Waals surface area contributed by atoms with Gasteiger partial charge in [-0.15, -0.1) is 0 Å². The zero-order valence-corrected chi connectivity index (χ0v) is 10.7. The Balaban J connectivity index is 2.36. The smallest absolute Gasteiger partial charge is 0.367 e. The highest BCUT2D eigenvalue weighted by Gasteiger charge is 2.73. The first-order chi connectivity index (χ1) is 10.1. The van der Waals surface area contributed by atoms with Crippen LogP contribution in [0.4, 0.5) is 26.3 Å². The Hall–Kier alpha value is -2.10. The van der Waals surface area contributed by atoms with Gasteiger partial charge in [0.25, 0.3) is 0 Å². The maximum Gasteiger partial charge on any atom is 0.433 e. The van der Waals surface area contributed by atoms with E-state index in [-0.39, 0.29) is 12.1 Å². The summed E-state index contributed by atoms with van der Waals surface area (Å²) in [4.78, 5) is 8.68. The zero-order valence-electron chi connectivity index (χ0n) is 10.7. The lowest BCUT2D eigenvalue weighted by Crippen LogP contribution is -2.54. The number of rotatable bonds is 3. The van der Waals surface area contributed by atoms with Crippen molar-refractivity contribution in [2.45, 2.75) is 24.4 Å². The van der Waals surface area contributed by atoms with Crippen molar-refractivity contribution in [3.8, 4) is 0 Å². The summed E-state index contributed by atoms with van der Waals surface area (Å²) in [7, 11) is 0. The molecule has 0 amide bonds. The van der Waals surface area contributed by atoms with Crippen LogP contribution in [0.3, 0.4) is 0 Å². The normalized spacial score (nSPS) is 13.4. The quantitative estimate of drug-likeness (QED) is 0.853. The molecule has 0 fully saturated rings. The molecule has 0 atom stereocenters. The molecule has 0 aliphatic carbocycles. The number of nitrogens with zero attached hydrogens (tertiary/aromatic N) is 2. The Kier molecular flexibility index (Phi) is 3.90. The van der Waals surface area contributed by atoms with E-state index in [1.807, 2.05) is 4.98 Å². The minimum atomic E-state index is -5.96. The van der Waals surface area contributed by atoms with Crippen molar-refractivity contribution >= 4 is 0 Å². The van der Waals surface area contributed by atoms with Gasteiger partial charge in [0.2, 0.25) is 0 Å². The number of hydrogen-bond acceptors (Lipinski definition) is 3. The predicted molar refractivity (Wildman–Crippen MR) is 61.6 cm³/mol.